The molecule has 0 aromatic heterocycles. The molecule has 3 aromatic rings. The van der Waals surface area contributed by atoms with Gasteiger partial charge in [0.2, 0.25) is 5.91 Å². The van der Waals surface area contributed by atoms with Gasteiger partial charge in [-0.2, -0.15) is 0 Å². The Labute approximate surface area is 173 Å². The zero-order valence-electron chi connectivity index (χ0n) is 16.0. The highest BCUT2D eigenvalue weighted by Crippen LogP contribution is 2.46. The van der Waals surface area contributed by atoms with Gasteiger partial charge in [0.05, 0.1) is 18.3 Å². The molecule has 3 atom stereocenters. The van der Waals surface area contributed by atoms with Crippen LogP contribution in [0.4, 0.5) is 10.1 Å². The Hall–Kier alpha value is -3.51. The van der Waals surface area contributed by atoms with Gasteiger partial charge in [-0.1, -0.05) is 60.7 Å². The van der Waals surface area contributed by atoms with Crippen LogP contribution in [0.15, 0.2) is 84.9 Å². The fourth-order valence-corrected chi connectivity index (χ4v) is 4.19. The fourth-order valence-electron chi connectivity index (χ4n) is 4.19. The number of carbonyl (C=O) groups excluding carboxylic acids is 2. The van der Waals surface area contributed by atoms with Crippen LogP contribution < -0.4 is 5.06 Å². The molecule has 0 N–H and O–H groups in total. The molecule has 5 rings (SSSR count). The molecule has 150 valence electrons. The number of hydrogen-bond donors (Lipinski definition) is 0. The highest BCUT2D eigenvalue weighted by Gasteiger charge is 2.59. The van der Waals surface area contributed by atoms with Crippen LogP contribution in [-0.2, 0) is 21.0 Å². The van der Waals surface area contributed by atoms with E-state index in [0.29, 0.717) is 0 Å². The molecule has 2 saturated heterocycles. The number of halogens is 1. The van der Waals surface area contributed by atoms with Gasteiger partial charge in [-0.3, -0.25) is 19.3 Å². The average Bonchev–Trinajstić information content (AvgIpc) is 3.28. The number of amides is 2. The van der Waals surface area contributed by atoms with Crippen LogP contribution in [0, 0.1) is 11.7 Å². The first-order valence-electron chi connectivity index (χ1n) is 9.79. The van der Waals surface area contributed by atoms with Crippen molar-refractivity contribution in [2.45, 2.75) is 18.7 Å². The number of nitrogens with zero attached hydrogens (tertiary/aromatic N) is 2. The number of benzene rings is 3. The number of likely N-dealkylation sites (tertiary alicyclic amines) is 1. The van der Waals surface area contributed by atoms with Crippen molar-refractivity contribution in [2.75, 3.05) is 5.06 Å². The zero-order chi connectivity index (χ0) is 20.7. The molecule has 3 aromatic carbocycles. The van der Waals surface area contributed by atoms with E-state index in [1.807, 2.05) is 60.7 Å². The van der Waals surface area contributed by atoms with Gasteiger partial charge < -0.3 is 0 Å². The summed E-state index contributed by atoms with van der Waals surface area (Å²) < 4.78 is 13.5. The molecule has 0 radical (unpaired) electrons. The number of imide groups is 1. The van der Waals surface area contributed by atoms with Crippen LogP contribution in [0.1, 0.15) is 17.2 Å². The van der Waals surface area contributed by atoms with Crippen LogP contribution in [0.25, 0.3) is 0 Å². The minimum absolute atomic E-state index is 0.205. The first kappa shape index (κ1) is 18.5. The first-order chi connectivity index (χ1) is 14.6. The lowest BCUT2D eigenvalue weighted by Crippen LogP contribution is -2.36. The fraction of sp³-hybridized carbons (Fsp3) is 0.167. The number of anilines is 1. The lowest BCUT2D eigenvalue weighted by molar-refractivity contribution is -0.143. The third-order valence-electron chi connectivity index (χ3n) is 5.61. The quantitative estimate of drug-likeness (QED) is 0.622. The molecule has 2 heterocycles. The summed E-state index contributed by atoms with van der Waals surface area (Å²) in [6, 6.07) is 24.2. The van der Waals surface area contributed by atoms with Gasteiger partial charge in [-0.25, -0.2) is 9.45 Å². The zero-order valence-corrected chi connectivity index (χ0v) is 16.0. The Balaban J connectivity index is 1.52. The largest absolute Gasteiger partial charge is 0.275 e. The summed E-state index contributed by atoms with van der Waals surface area (Å²) in [6.07, 6.45) is -0.906. The van der Waals surface area contributed by atoms with E-state index in [9.17, 15) is 14.0 Å². The van der Waals surface area contributed by atoms with Crippen molar-refractivity contribution in [3.05, 3.63) is 102 Å². The lowest BCUT2D eigenvalue weighted by atomic mass is 9.90. The van der Waals surface area contributed by atoms with Crippen molar-refractivity contribution >= 4 is 17.5 Å². The minimum Gasteiger partial charge on any atom is -0.275 e. The van der Waals surface area contributed by atoms with Gasteiger partial charge in [-0.05, 0) is 35.4 Å². The molecule has 0 spiro atoms. The van der Waals surface area contributed by atoms with Crippen LogP contribution in [-0.4, -0.2) is 22.8 Å². The summed E-state index contributed by atoms with van der Waals surface area (Å²) in [5, 5.41) is 1.61. The Kier molecular flexibility index (Phi) is 4.56. The average molecular weight is 402 g/mol. The molecule has 2 amide bonds. The Bertz CT molecular complexity index is 1070. The van der Waals surface area contributed by atoms with Crippen LogP contribution in [0.3, 0.4) is 0 Å². The third kappa shape index (κ3) is 3.06. The number of hydroxylamine groups is 1. The first-order valence-corrected chi connectivity index (χ1v) is 9.79. The van der Waals surface area contributed by atoms with Gasteiger partial charge >= 0.3 is 0 Å². The van der Waals surface area contributed by atoms with Gasteiger partial charge in [0.15, 0.2) is 6.10 Å². The Morgan fingerprint density at radius 2 is 1.43 bits per heavy atom. The summed E-state index contributed by atoms with van der Waals surface area (Å²) in [5.74, 6) is -1.69. The van der Waals surface area contributed by atoms with E-state index in [1.54, 1.807) is 17.2 Å². The molecule has 6 heteroatoms. The molecule has 5 nitrogen and oxygen atoms in total. The summed E-state index contributed by atoms with van der Waals surface area (Å²) >= 11 is 0. The summed E-state index contributed by atoms with van der Waals surface area (Å²) in [7, 11) is 0. The molecule has 0 aliphatic carbocycles. The SMILES string of the molecule is O=C1[C@H]2[C@H](ON(c3ccccc3)[C@H]2c2ccc(F)cc2)C(=O)N1Cc1ccccc1. The van der Waals surface area contributed by atoms with Crippen molar-refractivity contribution in [1.82, 2.24) is 4.90 Å². The van der Waals surface area contributed by atoms with E-state index >= 15 is 0 Å². The normalized spacial score (nSPS) is 23.2. The summed E-state index contributed by atoms with van der Waals surface area (Å²) in [6.45, 7) is 0.205. The molecule has 0 unspecified atom stereocenters. The highest BCUT2D eigenvalue weighted by molar-refractivity contribution is 6.07. The van der Waals surface area contributed by atoms with Crippen molar-refractivity contribution in [1.29, 1.82) is 0 Å². The summed E-state index contributed by atoms with van der Waals surface area (Å²) in [5.41, 5.74) is 2.32. The Morgan fingerprint density at radius 3 is 2.10 bits per heavy atom. The smallest absolute Gasteiger partial charge is 0.262 e. The number of rotatable bonds is 4. The molecule has 0 bridgehead atoms. The second-order valence-corrected chi connectivity index (χ2v) is 7.46. The number of para-hydroxylation sites is 1. The molecule has 0 saturated carbocycles. The standard InChI is InChI=1S/C24H19FN2O3/c25-18-13-11-17(12-14-18)21-20-22(30-27(21)19-9-5-2-6-10-19)24(29)26(23(20)28)15-16-7-3-1-4-8-16/h1-14,20-22H,15H2/t20-,21+,22+/m1/s1. The molecular weight excluding hydrogens is 383 g/mol. The summed E-state index contributed by atoms with van der Waals surface area (Å²) in [4.78, 5) is 33.8. The van der Waals surface area contributed by atoms with Crippen LogP contribution in [0.5, 0.6) is 0 Å². The van der Waals surface area contributed by atoms with E-state index in [0.717, 1.165) is 16.8 Å². The van der Waals surface area contributed by atoms with Crippen molar-refractivity contribution in [2.24, 2.45) is 5.92 Å². The lowest BCUT2D eigenvalue weighted by Gasteiger charge is -2.28. The van der Waals surface area contributed by atoms with E-state index in [1.165, 1.54) is 17.0 Å². The van der Waals surface area contributed by atoms with E-state index in [-0.39, 0.29) is 24.2 Å². The second kappa shape index (κ2) is 7.39. The minimum atomic E-state index is -0.906. The van der Waals surface area contributed by atoms with Crippen molar-refractivity contribution < 1.29 is 18.8 Å². The number of carbonyl (C=O) groups is 2. The maximum Gasteiger partial charge on any atom is 0.262 e. The van der Waals surface area contributed by atoms with Crippen molar-refractivity contribution in [3.8, 4) is 0 Å². The maximum absolute atomic E-state index is 13.5. The Morgan fingerprint density at radius 1 is 0.800 bits per heavy atom. The van der Waals surface area contributed by atoms with E-state index < -0.39 is 18.1 Å². The molecular formula is C24H19FN2O3. The predicted octanol–water partition coefficient (Wildman–Crippen LogP) is 3.87. The third-order valence-corrected chi connectivity index (χ3v) is 5.61. The van der Waals surface area contributed by atoms with Crippen LogP contribution >= 0.6 is 0 Å². The maximum atomic E-state index is 13.5. The van der Waals surface area contributed by atoms with E-state index in [2.05, 4.69) is 0 Å². The van der Waals surface area contributed by atoms with Gasteiger partial charge in [0.1, 0.15) is 11.7 Å². The number of hydrogen-bond acceptors (Lipinski definition) is 4. The predicted molar refractivity (Wildman–Crippen MR) is 108 cm³/mol. The van der Waals surface area contributed by atoms with E-state index in [4.69, 9.17) is 4.84 Å². The van der Waals surface area contributed by atoms with Crippen LogP contribution in [0.2, 0.25) is 0 Å². The van der Waals surface area contributed by atoms with Gasteiger partial charge in [0, 0.05) is 0 Å². The molecule has 2 aliphatic heterocycles. The molecule has 2 fully saturated rings. The van der Waals surface area contributed by atoms with Crippen molar-refractivity contribution in [3.63, 3.8) is 0 Å². The highest BCUT2D eigenvalue weighted by atomic mass is 19.1. The molecule has 30 heavy (non-hydrogen) atoms. The number of fused-ring (bicyclic) bond motifs is 1. The molecule has 2 aliphatic rings. The second-order valence-electron chi connectivity index (χ2n) is 7.46. The van der Waals surface area contributed by atoms with Gasteiger partial charge in [-0.15, -0.1) is 0 Å². The topological polar surface area (TPSA) is 49.9 Å². The monoisotopic (exact) mass is 402 g/mol. The van der Waals surface area contributed by atoms with Gasteiger partial charge in [0.25, 0.3) is 5.91 Å².